The molecule has 0 saturated heterocycles. The molecular weight excluding hydrogens is 533 g/mol. The predicted octanol–water partition coefficient (Wildman–Crippen LogP) is 3.82. The number of nitrogens with zero attached hydrogens (tertiary/aromatic N) is 3. The molecule has 0 atom stereocenters. The Morgan fingerprint density at radius 2 is 2.11 bits per heavy atom. The molecule has 3 rings (SSSR count). The van der Waals surface area contributed by atoms with Crippen molar-refractivity contribution >= 4 is 57.5 Å². The van der Waals surface area contributed by atoms with Gasteiger partial charge in [-0.25, -0.2) is 9.18 Å². The van der Waals surface area contributed by atoms with Crippen LogP contribution in [0.1, 0.15) is 31.4 Å². The zero-order valence-electron chi connectivity index (χ0n) is 19.2. The molecule has 0 bridgehead atoms. The summed E-state index contributed by atoms with van der Waals surface area (Å²) >= 11 is 7.78. The van der Waals surface area contributed by atoms with Gasteiger partial charge in [0.15, 0.2) is 11.0 Å². The van der Waals surface area contributed by atoms with Crippen LogP contribution in [-0.2, 0) is 22.7 Å². The van der Waals surface area contributed by atoms with Crippen molar-refractivity contribution in [2.45, 2.75) is 25.2 Å². The van der Waals surface area contributed by atoms with Crippen molar-refractivity contribution in [2.24, 2.45) is 5.73 Å². The number of carbonyl (C=O) groups is 3. The number of esters is 1. The highest BCUT2D eigenvalue weighted by atomic mass is 35.5. The second-order valence-electron chi connectivity index (χ2n) is 7.12. The molecule has 3 aromatic rings. The first-order chi connectivity index (χ1) is 17.2. The minimum absolute atomic E-state index is 0.0163. The highest BCUT2D eigenvalue weighted by Crippen LogP contribution is 2.33. The maximum Gasteiger partial charge on any atom is 0.341 e. The Kier molecular flexibility index (Phi) is 9.07. The number of aromatic nitrogens is 3. The van der Waals surface area contributed by atoms with Crippen LogP contribution in [0.3, 0.4) is 0 Å². The molecule has 0 unspecified atom stereocenters. The fourth-order valence-corrected chi connectivity index (χ4v) is 5.04. The molecular formula is C22H21ClFN5O5S2. The van der Waals surface area contributed by atoms with Crippen molar-refractivity contribution in [3.63, 3.8) is 0 Å². The summed E-state index contributed by atoms with van der Waals surface area (Å²) in [6.45, 7) is 5.63. The molecule has 2 aromatic heterocycles. The van der Waals surface area contributed by atoms with E-state index in [0.29, 0.717) is 28.8 Å². The number of methoxy groups -OCH3 is 1. The number of allylic oxidation sites excluding steroid dienone is 1. The number of carbonyl (C=O) groups excluding carboxylic acids is 3. The Bertz CT molecular complexity index is 1330. The molecule has 0 fully saturated rings. The molecule has 0 aliphatic heterocycles. The van der Waals surface area contributed by atoms with E-state index >= 15 is 0 Å². The van der Waals surface area contributed by atoms with Crippen molar-refractivity contribution in [3.8, 4) is 5.75 Å². The number of thiophene rings is 1. The van der Waals surface area contributed by atoms with Gasteiger partial charge in [-0.1, -0.05) is 29.4 Å². The number of thioether (sulfide) groups is 1. The second kappa shape index (κ2) is 12.0. The molecule has 0 aliphatic carbocycles. The topological polar surface area (TPSA) is 138 Å². The van der Waals surface area contributed by atoms with Gasteiger partial charge in [-0.05, 0) is 24.6 Å². The second-order valence-corrected chi connectivity index (χ2v) is 9.49. The van der Waals surface area contributed by atoms with E-state index in [1.165, 1.54) is 25.3 Å². The van der Waals surface area contributed by atoms with Crippen LogP contribution in [0, 0.1) is 12.7 Å². The number of amides is 2. The van der Waals surface area contributed by atoms with E-state index < -0.39 is 23.6 Å². The van der Waals surface area contributed by atoms with Crippen LogP contribution in [0.2, 0.25) is 5.02 Å². The molecule has 2 amide bonds. The number of nitrogens with two attached hydrogens (primary N) is 1. The Balaban J connectivity index is 1.70. The van der Waals surface area contributed by atoms with Gasteiger partial charge in [-0.15, -0.1) is 28.1 Å². The van der Waals surface area contributed by atoms with Crippen molar-refractivity contribution < 1.29 is 28.2 Å². The Morgan fingerprint density at radius 3 is 2.75 bits per heavy atom. The van der Waals surface area contributed by atoms with Crippen LogP contribution in [0.5, 0.6) is 5.75 Å². The number of hydrogen-bond donors (Lipinski definition) is 2. The number of ether oxygens (including phenoxy) is 2. The van der Waals surface area contributed by atoms with Crippen molar-refractivity contribution in [3.05, 3.63) is 63.5 Å². The molecule has 3 N–H and O–H groups in total. The Labute approximate surface area is 218 Å². The van der Waals surface area contributed by atoms with E-state index in [2.05, 4.69) is 22.1 Å². The summed E-state index contributed by atoms with van der Waals surface area (Å²) < 4.78 is 25.5. The van der Waals surface area contributed by atoms with Gasteiger partial charge in [0.1, 0.15) is 23.2 Å². The molecule has 14 heteroatoms. The third-order valence-electron chi connectivity index (χ3n) is 4.71. The summed E-state index contributed by atoms with van der Waals surface area (Å²) in [6.07, 6.45) is 1.63. The van der Waals surface area contributed by atoms with Gasteiger partial charge in [0.25, 0.3) is 5.91 Å². The predicted molar refractivity (Wildman–Crippen MR) is 134 cm³/mol. The summed E-state index contributed by atoms with van der Waals surface area (Å²) in [6, 6.07) is 3.98. The molecule has 36 heavy (non-hydrogen) atoms. The molecule has 0 saturated carbocycles. The standard InChI is InChI=1S/C22H21ClFN5O5S2/c1-4-7-29-15(9-34-12-5-6-14(24)13(23)8-12)27-28-22(29)35-10-16(30)26-20-17(21(32)33-3)11(2)18(36-20)19(25)31/h4-6,8H,1,7,9-10H2,2-3H3,(H2,25,31)(H,26,30). The van der Waals surface area contributed by atoms with Crippen molar-refractivity contribution in [1.29, 1.82) is 0 Å². The number of nitrogens with one attached hydrogen (secondary N) is 1. The number of primary amides is 1. The van der Waals surface area contributed by atoms with Gasteiger partial charge in [-0.3, -0.25) is 14.2 Å². The monoisotopic (exact) mass is 553 g/mol. The van der Waals surface area contributed by atoms with Crippen LogP contribution in [-0.4, -0.2) is 45.4 Å². The molecule has 10 nitrogen and oxygen atoms in total. The number of halogens is 2. The first kappa shape index (κ1) is 27.2. The lowest BCUT2D eigenvalue weighted by Crippen LogP contribution is -2.16. The number of hydrogen-bond acceptors (Lipinski definition) is 9. The van der Waals surface area contributed by atoms with E-state index in [1.807, 2.05) is 0 Å². The normalized spacial score (nSPS) is 10.7. The van der Waals surface area contributed by atoms with Gasteiger partial charge in [0.05, 0.1) is 28.3 Å². The fourth-order valence-electron chi connectivity index (χ4n) is 3.04. The molecule has 0 radical (unpaired) electrons. The molecule has 1 aromatic carbocycles. The first-order valence-electron chi connectivity index (χ1n) is 10.2. The minimum Gasteiger partial charge on any atom is -0.486 e. The van der Waals surface area contributed by atoms with E-state index in [0.717, 1.165) is 23.1 Å². The Morgan fingerprint density at radius 1 is 1.36 bits per heavy atom. The number of rotatable bonds is 11. The highest BCUT2D eigenvalue weighted by Gasteiger charge is 2.25. The van der Waals surface area contributed by atoms with Gasteiger partial charge < -0.3 is 20.5 Å². The average Bonchev–Trinajstić information content (AvgIpc) is 3.38. The zero-order valence-corrected chi connectivity index (χ0v) is 21.6. The molecule has 190 valence electrons. The van der Waals surface area contributed by atoms with Gasteiger partial charge in [0.2, 0.25) is 5.91 Å². The largest absolute Gasteiger partial charge is 0.486 e. The highest BCUT2D eigenvalue weighted by molar-refractivity contribution is 7.99. The molecule has 0 aliphatic rings. The lowest BCUT2D eigenvalue weighted by Gasteiger charge is -2.10. The van der Waals surface area contributed by atoms with Crippen LogP contribution in [0.15, 0.2) is 36.0 Å². The summed E-state index contributed by atoms with van der Waals surface area (Å²) in [5, 5.41) is 11.4. The zero-order chi connectivity index (χ0) is 26.4. The first-order valence-corrected chi connectivity index (χ1v) is 12.4. The SMILES string of the molecule is C=CCn1c(COc2ccc(F)c(Cl)c2)nnc1SCC(=O)Nc1sc(C(N)=O)c(C)c1C(=O)OC. The lowest BCUT2D eigenvalue weighted by molar-refractivity contribution is -0.113. The smallest absolute Gasteiger partial charge is 0.341 e. The van der Waals surface area contributed by atoms with Crippen LogP contribution in [0.4, 0.5) is 9.39 Å². The number of benzene rings is 1. The van der Waals surface area contributed by atoms with Gasteiger partial charge in [0, 0.05) is 12.6 Å². The Hall–Kier alpha value is -3.42. The summed E-state index contributed by atoms with van der Waals surface area (Å²) in [4.78, 5) is 36.6. The van der Waals surface area contributed by atoms with Gasteiger partial charge >= 0.3 is 5.97 Å². The lowest BCUT2D eigenvalue weighted by atomic mass is 10.1. The van der Waals surface area contributed by atoms with Crippen LogP contribution >= 0.6 is 34.7 Å². The maximum absolute atomic E-state index is 13.4. The molecule has 0 spiro atoms. The van der Waals surface area contributed by atoms with E-state index in [4.69, 9.17) is 26.8 Å². The van der Waals surface area contributed by atoms with E-state index in [9.17, 15) is 18.8 Å². The van der Waals surface area contributed by atoms with E-state index in [1.54, 1.807) is 17.6 Å². The quantitative estimate of drug-likeness (QED) is 0.207. The van der Waals surface area contributed by atoms with Crippen LogP contribution < -0.4 is 15.8 Å². The van der Waals surface area contributed by atoms with Crippen LogP contribution in [0.25, 0.3) is 0 Å². The number of anilines is 1. The maximum atomic E-state index is 13.4. The van der Waals surface area contributed by atoms with Crippen molar-refractivity contribution in [2.75, 3.05) is 18.2 Å². The minimum atomic E-state index is -0.715. The summed E-state index contributed by atoms with van der Waals surface area (Å²) in [5.41, 5.74) is 5.78. The third-order valence-corrected chi connectivity index (χ3v) is 7.19. The molecule has 2 heterocycles. The van der Waals surface area contributed by atoms with Gasteiger partial charge in [-0.2, -0.15) is 0 Å². The summed E-state index contributed by atoms with van der Waals surface area (Å²) in [7, 11) is 1.20. The van der Waals surface area contributed by atoms with Crippen molar-refractivity contribution in [1.82, 2.24) is 14.8 Å². The third kappa shape index (κ3) is 6.22. The van der Waals surface area contributed by atoms with E-state index in [-0.39, 0.29) is 32.8 Å². The summed E-state index contributed by atoms with van der Waals surface area (Å²) in [5.74, 6) is -1.69. The average molecular weight is 554 g/mol. The fraction of sp³-hybridized carbons (Fsp3) is 0.227.